The monoisotopic (exact) mass is 402 g/mol. The molecule has 0 aliphatic heterocycles. The Labute approximate surface area is 159 Å². The molecule has 10 heteroatoms. The summed E-state index contributed by atoms with van der Waals surface area (Å²) in [7, 11) is -3.83. The Balaban J connectivity index is 1.79. The Morgan fingerprint density at radius 3 is 2.46 bits per heavy atom. The van der Waals surface area contributed by atoms with Gasteiger partial charge in [0.15, 0.2) is 0 Å². The number of carbonyl (C=O) groups is 1. The molecule has 8 nitrogen and oxygen atoms in total. The molecule has 0 aliphatic rings. The summed E-state index contributed by atoms with van der Waals surface area (Å²) in [6.07, 6.45) is 0. The van der Waals surface area contributed by atoms with Crippen LogP contribution in [0.4, 0.5) is 10.1 Å². The highest BCUT2D eigenvalue weighted by molar-refractivity contribution is 7.89. The largest absolute Gasteiger partial charge is 0.321 e. The van der Waals surface area contributed by atoms with E-state index < -0.39 is 27.3 Å². The van der Waals surface area contributed by atoms with E-state index in [-0.39, 0.29) is 17.1 Å². The number of nitrogens with one attached hydrogen (secondary N) is 1. The third-order valence-electron chi connectivity index (χ3n) is 3.76. The van der Waals surface area contributed by atoms with Gasteiger partial charge >= 0.3 is 0 Å². The summed E-state index contributed by atoms with van der Waals surface area (Å²) in [5.74, 6) is -1.04. The lowest BCUT2D eigenvalue weighted by Crippen LogP contribution is -2.26. The number of rotatable bonds is 5. The minimum atomic E-state index is -3.83. The van der Waals surface area contributed by atoms with Gasteiger partial charge in [0, 0.05) is 11.8 Å². The molecule has 0 saturated carbocycles. The van der Waals surface area contributed by atoms with Gasteiger partial charge in [-0.25, -0.2) is 22.6 Å². The van der Waals surface area contributed by atoms with Crippen molar-refractivity contribution in [2.45, 2.75) is 11.4 Å². The van der Waals surface area contributed by atoms with Crippen molar-refractivity contribution in [3.05, 3.63) is 88.1 Å². The predicted molar refractivity (Wildman–Crippen MR) is 99.8 cm³/mol. The lowest BCUT2D eigenvalue weighted by Gasteiger charge is -2.08. The van der Waals surface area contributed by atoms with Gasteiger partial charge in [0.25, 0.3) is 11.5 Å². The van der Waals surface area contributed by atoms with Crippen molar-refractivity contribution in [1.29, 1.82) is 0 Å². The zero-order valence-electron chi connectivity index (χ0n) is 14.4. The quantitative estimate of drug-likeness (QED) is 0.666. The van der Waals surface area contributed by atoms with Crippen LogP contribution in [0.15, 0.2) is 70.4 Å². The second-order valence-corrected chi connectivity index (χ2v) is 7.43. The van der Waals surface area contributed by atoms with Crippen molar-refractivity contribution < 1.29 is 17.6 Å². The normalized spacial score (nSPS) is 11.2. The Kier molecular flexibility index (Phi) is 5.34. The molecule has 0 radical (unpaired) electrons. The van der Waals surface area contributed by atoms with E-state index >= 15 is 0 Å². The van der Waals surface area contributed by atoms with Gasteiger partial charge in [-0.15, -0.1) is 0 Å². The summed E-state index contributed by atoms with van der Waals surface area (Å²) in [6, 6.07) is 13.4. The van der Waals surface area contributed by atoms with Gasteiger partial charge in [-0.3, -0.25) is 9.59 Å². The van der Waals surface area contributed by atoms with E-state index in [0.29, 0.717) is 11.3 Å². The lowest BCUT2D eigenvalue weighted by molar-refractivity contribution is 0.102. The van der Waals surface area contributed by atoms with Crippen LogP contribution in [0, 0.1) is 5.82 Å². The van der Waals surface area contributed by atoms with Gasteiger partial charge in [-0.1, -0.05) is 12.1 Å². The maximum absolute atomic E-state index is 13.3. The van der Waals surface area contributed by atoms with E-state index in [4.69, 9.17) is 5.14 Å². The van der Waals surface area contributed by atoms with Crippen molar-refractivity contribution in [3.63, 3.8) is 0 Å². The molecule has 144 valence electrons. The van der Waals surface area contributed by atoms with Crippen molar-refractivity contribution >= 4 is 21.6 Å². The van der Waals surface area contributed by atoms with Gasteiger partial charge in [0.1, 0.15) is 11.5 Å². The van der Waals surface area contributed by atoms with E-state index in [9.17, 15) is 22.4 Å². The molecule has 0 saturated heterocycles. The summed E-state index contributed by atoms with van der Waals surface area (Å²) >= 11 is 0. The van der Waals surface area contributed by atoms with Crippen LogP contribution in [0.25, 0.3) is 0 Å². The Hall–Kier alpha value is -3.37. The van der Waals surface area contributed by atoms with E-state index in [1.54, 1.807) is 6.07 Å². The molecule has 28 heavy (non-hydrogen) atoms. The zero-order valence-corrected chi connectivity index (χ0v) is 15.2. The highest BCUT2D eigenvalue weighted by atomic mass is 32.2. The maximum Gasteiger partial charge on any atom is 0.276 e. The van der Waals surface area contributed by atoms with E-state index in [0.717, 1.165) is 4.68 Å². The van der Waals surface area contributed by atoms with Gasteiger partial charge in [-0.05, 0) is 48.0 Å². The van der Waals surface area contributed by atoms with Crippen LogP contribution in [0.5, 0.6) is 0 Å². The molecule has 0 fully saturated rings. The van der Waals surface area contributed by atoms with Crippen molar-refractivity contribution in [2.75, 3.05) is 5.32 Å². The topological polar surface area (TPSA) is 124 Å². The first-order valence-corrected chi connectivity index (χ1v) is 9.54. The first-order chi connectivity index (χ1) is 13.2. The molecule has 0 spiro atoms. The van der Waals surface area contributed by atoms with Crippen LogP contribution in [0.3, 0.4) is 0 Å². The first kappa shape index (κ1) is 19.4. The van der Waals surface area contributed by atoms with Gasteiger partial charge in [0.2, 0.25) is 10.0 Å². The second-order valence-electron chi connectivity index (χ2n) is 5.87. The minimum Gasteiger partial charge on any atom is -0.321 e. The molecular weight excluding hydrogens is 387 g/mol. The Bertz CT molecular complexity index is 1190. The number of hydrogen-bond acceptors (Lipinski definition) is 5. The number of benzene rings is 2. The van der Waals surface area contributed by atoms with Crippen molar-refractivity contribution in [3.8, 4) is 0 Å². The molecule has 0 unspecified atom stereocenters. The predicted octanol–water partition coefficient (Wildman–Crippen LogP) is 1.33. The highest BCUT2D eigenvalue weighted by Crippen LogP contribution is 2.13. The number of primary sulfonamides is 1. The summed E-state index contributed by atoms with van der Waals surface area (Å²) in [5.41, 5.74) is 0.359. The zero-order chi connectivity index (χ0) is 20.3. The fraction of sp³-hybridized carbons (Fsp3) is 0.0556. The summed E-state index contributed by atoms with van der Waals surface area (Å²) < 4.78 is 36.9. The maximum atomic E-state index is 13.3. The Morgan fingerprint density at radius 1 is 1.11 bits per heavy atom. The third kappa shape index (κ3) is 4.67. The van der Waals surface area contributed by atoms with Crippen LogP contribution >= 0.6 is 0 Å². The van der Waals surface area contributed by atoms with Crippen LogP contribution in [0.2, 0.25) is 0 Å². The second kappa shape index (κ2) is 7.71. The van der Waals surface area contributed by atoms with Gasteiger partial charge in [0.05, 0.1) is 11.4 Å². The molecule has 1 aromatic heterocycles. The van der Waals surface area contributed by atoms with Gasteiger partial charge < -0.3 is 5.32 Å². The molecule has 3 aromatic rings. The average molecular weight is 402 g/mol. The standard InChI is InChI=1S/C18H15FN4O4S/c19-13-3-1-2-12(10-13)11-23-17(24)9-8-16(22-23)18(25)21-14-4-6-15(7-5-14)28(20,26)27/h1-10H,11H2,(H,21,25)(H2,20,26,27). The number of halogens is 1. The molecule has 1 heterocycles. The lowest BCUT2D eigenvalue weighted by atomic mass is 10.2. The highest BCUT2D eigenvalue weighted by Gasteiger charge is 2.12. The summed E-state index contributed by atoms with van der Waals surface area (Å²) in [5, 5.41) is 11.6. The van der Waals surface area contributed by atoms with Crippen LogP contribution in [-0.4, -0.2) is 24.1 Å². The van der Waals surface area contributed by atoms with Crippen molar-refractivity contribution in [1.82, 2.24) is 9.78 Å². The minimum absolute atomic E-state index is 0.000764. The summed E-state index contributed by atoms with van der Waals surface area (Å²) in [6.45, 7) is 0.000764. The molecule has 3 rings (SSSR count). The molecule has 0 atom stereocenters. The van der Waals surface area contributed by atoms with E-state index in [1.165, 1.54) is 54.6 Å². The number of nitrogens with zero attached hydrogens (tertiary/aromatic N) is 2. The number of aromatic nitrogens is 2. The number of sulfonamides is 1. The fourth-order valence-electron chi connectivity index (χ4n) is 2.41. The molecule has 0 bridgehead atoms. The number of carbonyl (C=O) groups excluding carboxylic acids is 1. The van der Waals surface area contributed by atoms with Crippen LogP contribution in [0.1, 0.15) is 16.1 Å². The smallest absolute Gasteiger partial charge is 0.276 e. The third-order valence-corrected chi connectivity index (χ3v) is 4.69. The molecular formula is C18H15FN4O4S. The first-order valence-electron chi connectivity index (χ1n) is 7.99. The van der Waals surface area contributed by atoms with E-state index in [1.807, 2.05) is 0 Å². The summed E-state index contributed by atoms with van der Waals surface area (Å²) in [4.78, 5) is 24.3. The Morgan fingerprint density at radius 2 is 1.82 bits per heavy atom. The number of amides is 1. The average Bonchev–Trinajstić information content (AvgIpc) is 2.63. The molecule has 0 aliphatic carbocycles. The molecule has 2 aromatic carbocycles. The van der Waals surface area contributed by atoms with Crippen LogP contribution in [-0.2, 0) is 16.6 Å². The fourth-order valence-corrected chi connectivity index (χ4v) is 2.93. The van der Waals surface area contributed by atoms with Gasteiger partial charge in [-0.2, -0.15) is 5.10 Å². The number of anilines is 1. The number of nitrogens with two attached hydrogens (primary N) is 1. The van der Waals surface area contributed by atoms with Crippen LogP contribution < -0.4 is 16.0 Å². The SMILES string of the molecule is NS(=O)(=O)c1ccc(NC(=O)c2ccc(=O)n(Cc3cccc(F)c3)n2)cc1. The molecule has 3 N–H and O–H groups in total. The van der Waals surface area contributed by atoms with Crippen molar-refractivity contribution in [2.24, 2.45) is 5.14 Å². The number of hydrogen-bond donors (Lipinski definition) is 2. The van der Waals surface area contributed by atoms with E-state index in [2.05, 4.69) is 10.4 Å². The molecule has 1 amide bonds.